The topological polar surface area (TPSA) is 83.0 Å². The number of anilines is 1. The van der Waals surface area contributed by atoms with Gasteiger partial charge in [0, 0.05) is 30.8 Å². The molecule has 4 rings (SSSR count). The molecule has 0 aliphatic carbocycles. The van der Waals surface area contributed by atoms with Crippen LogP contribution in [0.3, 0.4) is 0 Å². The average molecular weight is 422 g/mol. The fraction of sp³-hybridized carbons (Fsp3) is 0.273. The van der Waals surface area contributed by atoms with Gasteiger partial charge in [0.2, 0.25) is 11.8 Å². The second kappa shape index (κ2) is 8.62. The number of carbonyl (C=O) groups excluding carboxylic acids is 2. The predicted octanol–water partition coefficient (Wildman–Crippen LogP) is 3.68. The number of carbonyl (C=O) groups is 2. The van der Waals surface area contributed by atoms with Crippen LogP contribution in [0.15, 0.2) is 48.5 Å². The third kappa shape index (κ3) is 4.49. The number of aryl methyl sites for hydroxylation is 1. The zero-order valence-corrected chi connectivity index (χ0v) is 17.5. The quantitative estimate of drug-likeness (QED) is 0.595. The molecule has 1 aliphatic rings. The van der Waals surface area contributed by atoms with E-state index in [1.807, 2.05) is 60.4 Å². The molecule has 1 aromatic heterocycles. The molecule has 0 saturated carbocycles. The molecule has 7 nitrogen and oxygen atoms in total. The third-order valence-corrected chi connectivity index (χ3v) is 5.44. The number of rotatable bonds is 6. The lowest BCUT2D eigenvalue weighted by Crippen LogP contribution is -2.24. The van der Waals surface area contributed by atoms with Crippen molar-refractivity contribution >= 4 is 29.7 Å². The number of hydrogen-bond acceptors (Lipinski definition) is 4. The van der Waals surface area contributed by atoms with E-state index in [1.165, 1.54) is 0 Å². The molecule has 0 atom stereocenters. The molecule has 0 spiro atoms. The van der Waals surface area contributed by atoms with Gasteiger partial charge in [0.05, 0.1) is 0 Å². The monoisotopic (exact) mass is 421 g/mol. The van der Waals surface area contributed by atoms with Crippen molar-refractivity contribution in [3.8, 4) is 11.4 Å². The average Bonchev–Trinajstić information content (AvgIpc) is 3.29. The Kier molecular flexibility index (Phi) is 5.76. The minimum atomic E-state index is -0.199. The molecule has 1 aliphatic heterocycles. The van der Waals surface area contributed by atoms with Crippen LogP contribution in [0.4, 0.5) is 5.69 Å². The van der Waals surface area contributed by atoms with E-state index in [2.05, 4.69) is 15.5 Å². The van der Waals surface area contributed by atoms with Crippen molar-refractivity contribution in [2.45, 2.75) is 32.9 Å². The number of aromatic amines is 1. The summed E-state index contributed by atoms with van der Waals surface area (Å²) in [6.07, 6.45) is 1.52. The van der Waals surface area contributed by atoms with Crippen LogP contribution in [0.2, 0.25) is 0 Å². The molecule has 8 heteroatoms. The van der Waals surface area contributed by atoms with E-state index in [1.54, 1.807) is 4.57 Å². The Bertz CT molecular complexity index is 1130. The summed E-state index contributed by atoms with van der Waals surface area (Å²) < 4.78 is 2.07. The van der Waals surface area contributed by atoms with Crippen molar-refractivity contribution in [3.63, 3.8) is 0 Å². The van der Waals surface area contributed by atoms with Crippen LogP contribution in [-0.4, -0.2) is 38.0 Å². The minimum Gasteiger partial charge on any atom is -0.338 e. The van der Waals surface area contributed by atoms with Crippen molar-refractivity contribution < 1.29 is 9.59 Å². The normalized spacial score (nSPS) is 13.6. The minimum absolute atomic E-state index is 0.0490. The van der Waals surface area contributed by atoms with Crippen LogP contribution in [0.25, 0.3) is 11.4 Å². The van der Waals surface area contributed by atoms with Crippen molar-refractivity contribution in [3.05, 3.63) is 64.4 Å². The zero-order valence-electron chi connectivity index (χ0n) is 16.7. The fourth-order valence-corrected chi connectivity index (χ4v) is 3.77. The largest absolute Gasteiger partial charge is 0.338 e. The Hall–Kier alpha value is -3.26. The highest BCUT2D eigenvalue weighted by Gasteiger charge is 2.20. The van der Waals surface area contributed by atoms with Crippen LogP contribution in [0.1, 0.15) is 24.0 Å². The first kappa shape index (κ1) is 20.0. The summed E-state index contributed by atoms with van der Waals surface area (Å²) in [6, 6.07) is 15.5. The van der Waals surface area contributed by atoms with Gasteiger partial charge in [0.25, 0.3) is 0 Å². The van der Waals surface area contributed by atoms with Crippen LogP contribution >= 0.6 is 12.2 Å². The summed E-state index contributed by atoms with van der Waals surface area (Å²) in [4.78, 5) is 26.4. The third-order valence-electron chi connectivity index (χ3n) is 5.13. The molecule has 154 valence electrons. The number of hydrogen-bond donors (Lipinski definition) is 2. The molecular formula is C22H23N5O2S. The maximum absolute atomic E-state index is 12.7. The van der Waals surface area contributed by atoms with Gasteiger partial charge >= 0.3 is 0 Å². The summed E-state index contributed by atoms with van der Waals surface area (Å²) in [5.74, 6) is 0.606. The molecule has 0 unspecified atom stereocenters. The fourth-order valence-electron chi connectivity index (χ4n) is 3.57. The van der Waals surface area contributed by atoms with Crippen molar-refractivity contribution in [2.24, 2.45) is 0 Å². The van der Waals surface area contributed by atoms with Gasteiger partial charge in [0.1, 0.15) is 6.54 Å². The zero-order chi connectivity index (χ0) is 21.1. The molecule has 0 radical (unpaired) electrons. The molecule has 3 aromatic rings. The lowest BCUT2D eigenvalue weighted by Gasteiger charge is -2.16. The smallest absolute Gasteiger partial charge is 0.244 e. The van der Waals surface area contributed by atoms with Gasteiger partial charge in [-0.25, -0.2) is 0 Å². The number of likely N-dealkylation sites (tertiary alicyclic amines) is 1. The van der Waals surface area contributed by atoms with E-state index in [9.17, 15) is 9.59 Å². The van der Waals surface area contributed by atoms with E-state index in [0.29, 0.717) is 29.2 Å². The van der Waals surface area contributed by atoms with Gasteiger partial charge in [0.15, 0.2) is 10.6 Å². The van der Waals surface area contributed by atoms with Crippen molar-refractivity contribution in [2.75, 3.05) is 11.9 Å². The molecule has 2 heterocycles. The Morgan fingerprint density at radius 1 is 1.23 bits per heavy atom. The Labute approximate surface area is 179 Å². The SMILES string of the molecule is Cc1ccc(-c2n[nH]c(=S)n2CC(=O)Nc2cccc(CN3CCCC3=O)c2)cc1. The number of aromatic nitrogens is 3. The number of benzene rings is 2. The molecule has 30 heavy (non-hydrogen) atoms. The second-order valence-electron chi connectivity index (χ2n) is 7.47. The van der Waals surface area contributed by atoms with Crippen LogP contribution in [-0.2, 0) is 22.7 Å². The van der Waals surface area contributed by atoms with Gasteiger partial charge in [-0.2, -0.15) is 5.10 Å². The molecule has 2 aromatic carbocycles. The molecule has 1 saturated heterocycles. The first-order chi connectivity index (χ1) is 14.5. The van der Waals surface area contributed by atoms with Crippen molar-refractivity contribution in [1.82, 2.24) is 19.7 Å². The highest BCUT2D eigenvalue weighted by atomic mass is 32.1. The number of nitrogens with one attached hydrogen (secondary N) is 2. The lowest BCUT2D eigenvalue weighted by molar-refractivity contribution is -0.128. The van der Waals surface area contributed by atoms with Gasteiger partial charge < -0.3 is 10.2 Å². The number of H-pyrrole nitrogens is 1. The molecule has 1 fully saturated rings. The van der Waals surface area contributed by atoms with Gasteiger partial charge in [-0.1, -0.05) is 42.0 Å². The molecule has 2 amide bonds. The Balaban J connectivity index is 1.46. The highest BCUT2D eigenvalue weighted by Crippen LogP contribution is 2.19. The van der Waals surface area contributed by atoms with Crippen LogP contribution in [0.5, 0.6) is 0 Å². The molecule has 0 bridgehead atoms. The van der Waals surface area contributed by atoms with E-state index in [-0.39, 0.29) is 18.4 Å². The summed E-state index contributed by atoms with van der Waals surface area (Å²) in [5.41, 5.74) is 3.71. The summed E-state index contributed by atoms with van der Waals surface area (Å²) in [7, 11) is 0. The van der Waals surface area contributed by atoms with E-state index < -0.39 is 0 Å². The molecular weight excluding hydrogens is 398 g/mol. The second-order valence-corrected chi connectivity index (χ2v) is 7.86. The maximum Gasteiger partial charge on any atom is 0.244 e. The predicted molar refractivity (Wildman–Crippen MR) is 117 cm³/mol. The Morgan fingerprint density at radius 2 is 2.03 bits per heavy atom. The maximum atomic E-state index is 12.7. The van der Waals surface area contributed by atoms with E-state index in [0.717, 1.165) is 29.7 Å². The summed E-state index contributed by atoms with van der Waals surface area (Å²) in [5, 5.41) is 9.97. The van der Waals surface area contributed by atoms with Gasteiger partial charge in [-0.3, -0.25) is 19.3 Å². The van der Waals surface area contributed by atoms with Crippen molar-refractivity contribution in [1.29, 1.82) is 0 Å². The van der Waals surface area contributed by atoms with Crippen LogP contribution in [0, 0.1) is 11.7 Å². The standard InChI is InChI=1S/C22H23N5O2S/c1-15-7-9-17(10-8-15)21-24-25-22(30)27(21)14-19(28)23-18-5-2-4-16(12-18)13-26-11-3-6-20(26)29/h2,4-5,7-10,12H,3,6,11,13-14H2,1H3,(H,23,28)(H,25,30). The van der Waals surface area contributed by atoms with Gasteiger partial charge in [-0.15, -0.1) is 0 Å². The van der Waals surface area contributed by atoms with Crippen LogP contribution < -0.4 is 5.32 Å². The highest BCUT2D eigenvalue weighted by molar-refractivity contribution is 7.71. The number of nitrogens with zero attached hydrogens (tertiary/aromatic N) is 3. The van der Waals surface area contributed by atoms with E-state index in [4.69, 9.17) is 12.2 Å². The summed E-state index contributed by atoms with van der Waals surface area (Å²) >= 11 is 5.32. The lowest BCUT2D eigenvalue weighted by atomic mass is 10.1. The van der Waals surface area contributed by atoms with E-state index >= 15 is 0 Å². The molecule has 2 N–H and O–H groups in total. The number of amides is 2. The van der Waals surface area contributed by atoms with Gasteiger partial charge in [-0.05, 0) is 43.3 Å². The first-order valence-corrected chi connectivity index (χ1v) is 10.3. The summed E-state index contributed by atoms with van der Waals surface area (Å²) in [6.45, 7) is 3.41. The first-order valence-electron chi connectivity index (χ1n) is 9.88. The Morgan fingerprint density at radius 3 is 2.77 bits per heavy atom.